The Morgan fingerprint density at radius 1 is 0.757 bits per heavy atom. The van der Waals surface area contributed by atoms with Gasteiger partial charge in [-0.05, 0) is 43.0 Å². The van der Waals surface area contributed by atoms with Gasteiger partial charge >= 0.3 is 5.97 Å². The summed E-state index contributed by atoms with van der Waals surface area (Å²) >= 11 is 0. The fourth-order valence-electron chi connectivity index (χ4n) is 4.32. The van der Waals surface area contributed by atoms with Crippen LogP contribution < -0.4 is 9.47 Å². The third-order valence-electron chi connectivity index (χ3n) is 7.01. The maximum Gasteiger partial charge on any atom is 0.311 e. The molecule has 0 fully saturated rings. The second-order valence-corrected chi connectivity index (χ2v) is 10.4. The Morgan fingerprint density at radius 2 is 1.35 bits per heavy atom. The molecule has 0 amide bonds. The van der Waals surface area contributed by atoms with Crippen molar-refractivity contribution < 1.29 is 14.3 Å². The average Bonchev–Trinajstić information content (AvgIpc) is 2.92. The molecule has 0 N–H and O–H groups in total. The molecular weight excluding hydrogens is 460 g/mol. The maximum absolute atomic E-state index is 12.1. The van der Waals surface area contributed by atoms with Crippen LogP contribution in [0.15, 0.2) is 36.7 Å². The van der Waals surface area contributed by atoms with Crippen LogP contribution in [-0.2, 0) is 4.79 Å². The first-order chi connectivity index (χ1) is 18.1. The zero-order valence-corrected chi connectivity index (χ0v) is 23.7. The summed E-state index contributed by atoms with van der Waals surface area (Å²) in [5.41, 5.74) is 0.908. The van der Waals surface area contributed by atoms with E-state index in [1.807, 2.05) is 24.3 Å². The molecule has 206 valence electrons. The quantitative estimate of drug-likeness (QED) is 0.124. The van der Waals surface area contributed by atoms with Gasteiger partial charge < -0.3 is 9.47 Å². The highest BCUT2D eigenvalue weighted by Crippen LogP contribution is 2.21. The van der Waals surface area contributed by atoms with E-state index < -0.39 is 0 Å². The van der Waals surface area contributed by atoms with E-state index in [0.29, 0.717) is 18.0 Å². The predicted molar refractivity (Wildman–Crippen MR) is 153 cm³/mol. The topological polar surface area (TPSA) is 61.3 Å². The molecule has 0 aliphatic heterocycles. The molecule has 1 unspecified atom stereocenters. The van der Waals surface area contributed by atoms with Crippen LogP contribution in [-0.4, -0.2) is 22.5 Å². The van der Waals surface area contributed by atoms with E-state index in [1.54, 1.807) is 12.4 Å². The van der Waals surface area contributed by atoms with E-state index in [2.05, 4.69) is 30.7 Å². The molecule has 0 aliphatic rings. The minimum Gasteiger partial charge on any atom is -0.494 e. The number of nitrogens with zero attached hydrogens (tertiary/aromatic N) is 2. The molecule has 1 aromatic heterocycles. The monoisotopic (exact) mass is 510 g/mol. The van der Waals surface area contributed by atoms with Crippen molar-refractivity contribution >= 4 is 5.97 Å². The van der Waals surface area contributed by atoms with Crippen LogP contribution in [0.1, 0.15) is 124 Å². The number of rotatable bonds is 21. The van der Waals surface area contributed by atoms with Crippen LogP contribution >= 0.6 is 0 Å². The zero-order chi connectivity index (χ0) is 26.6. The van der Waals surface area contributed by atoms with Crippen LogP contribution in [0.4, 0.5) is 0 Å². The minimum atomic E-state index is -0.216. The van der Waals surface area contributed by atoms with Gasteiger partial charge in [0.05, 0.1) is 19.0 Å². The first-order valence-corrected chi connectivity index (χ1v) is 14.9. The highest BCUT2D eigenvalue weighted by atomic mass is 16.5. The molecule has 37 heavy (non-hydrogen) atoms. The highest BCUT2D eigenvalue weighted by Gasteiger charge is 2.08. The number of benzene rings is 1. The molecule has 5 nitrogen and oxygen atoms in total. The molecule has 1 atom stereocenters. The van der Waals surface area contributed by atoms with Gasteiger partial charge in [-0.15, -0.1) is 0 Å². The Balaban J connectivity index is 1.60. The Kier molecular flexibility index (Phi) is 16.4. The van der Waals surface area contributed by atoms with Gasteiger partial charge in [0.15, 0.2) is 11.6 Å². The van der Waals surface area contributed by atoms with Crippen molar-refractivity contribution in [3.05, 3.63) is 36.7 Å². The lowest BCUT2D eigenvalue weighted by Crippen LogP contribution is -2.08. The van der Waals surface area contributed by atoms with E-state index in [4.69, 9.17) is 9.47 Å². The van der Waals surface area contributed by atoms with Crippen LogP contribution in [0.25, 0.3) is 11.4 Å². The maximum atomic E-state index is 12.1. The first kappa shape index (κ1) is 30.8. The first-order valence-electron chi connectivity index (χ1n) is 14.9. The number of esters is 1. The number of hydrogen-bond donors (Lipinski definition) is 0. The molecule has 0 radical (unpaired) electrons. The average molecular weight is 511 g/mol. The number of carbonyl (C=O) groups excluding carboxylic acids is 1. The van der Waals surface area contributed by atoms with E-state index in [0.717, 1.165) is 43.1 Å². The summed E-state index contributed by atoms with van der Waals surface area (Å²) in [6, 6.07) is 7.86. The van der Waals surface area contributed by atoms with Gasteiger partial charge in [0.25, 0.3) is 0 Å². The third-order valence-corrected chi connectivity index (χ3v) is 7.01. The van der Waals surface area contributed by atoms with Crippen LogP contribution in [0.3, 0.4) is 0 Å². The summed E-state index contributed by atoms with van der Waals surface area (Å²) in [6.45, 7) is 7.55. The minimum absolute atomic E-state index is 0.216. The number of carbonyl (C=O) groups is 1. The van der Waals surface area contributed by atoms with Gasteiger partial charge in [-0.25, -0.2) is 9.97 Å². The summed E-state index contributed by atoms with van der Waals surface area (Å²) in [5, 5.41) is 0. The summed E-state index contributed by atoms with van der Waals surface area (Å²) in [4.78, 5) is 20.9. The Hall–Kier alpha value is -2.43. The number of unbranched alkanes of at least 4 members (excludes halogenated alkanes) is 11. The number of ether oxygens (including phenoxy) is 2. The molecule has 1 aromatic carbocycles. The molecule has 0 saturated carbocycles. The Morgan fingerprint density at radius 3 is 2.00 bits per heavy atom. The normalized spacial score (nSPS) is 11.9. The molecule has 0 saturated heterocycles. The molecular formula is C32H50N2O3. The van der Waals surface area contributed by atoms with E-state index in [9.17, 15) is 4.79 Å². The molecule has 2 rings (SSSR count). The van der Waals surface area contributed by atoms with Crippen molar-refractivity contribution in [1.29, 1.82) is 0 Å². The summed E-state index contributed by atoms with van der Waals surface area (Å²) in [5.74, 6) is 2.45. The van der Waals surface area contributed by atoms with E-state index in [-0.39, 0.29) is 5.97 Å². The van der Waals surface area contributed by atoms with Crippen molar-refractivity contribution in [2.75, 3.05) is 6.61 Å². The lowest BCUT2D eigenvalue weighted by molar-refractivity contribution is -0.134. The zero-order valence-electron chi connectivity index (χ0n) is 23.7. The standard InChI is InChI=1S/C32H50N2O3/c1-4-6-7-8-9-10-11-14-17-24-36-29-22-20-28(21-23-29)32-33-25-30(26-34-32)37-31(35)19-16-13-12-15-18-27(3)5-2/h20-23,25-27H,4-19,24H2,1-3H3. The van der Waals surface area contributed by atoms with Crippen molar-refractivity contribution in [3.8, 4) is 22.9 Å². The van der Waals surface area contributed by atoms with Crippen molar-refractivity contribution in [1.82, 2.24) is 9.97 Å². The molecule has 2 aromatic rings. The molecule has 0 spiro atoms. The fraction of sp³-hybridized carbons (Fsp3) is 0.656. The van der Waals surface area contributed by atoms with Gasteiger partial charge in [0, 0.05) is 12.0 Å². The molecule has 5 heteroatoms. The van der Waals surface area contributed by atoms with Gasteiger partial charge in [0.1, 0.15) is 5.75 Å². The highest BCUT2D eigenvalue weighted by molar-refractivity contribution is 5.72. The second-order valence-electron chi connectivity index (χ2n) is 10.4. The van der Waals surface area contributed by atoms with Crippen LogP contribution in [0, 0.1) is 5.92 Å². The van der Waals surface area contributed by atoms with E-state index in [1.165, 1.54) is 77.0 Å². The Bertz CT molecular complexity index is 836. The van der Waals surface area contributed by atoms with Crippen LogP contribution in [0.5, 0.6) is 11.5 Å². The Labute approximate surface area is 225 Å². The summed E-state index contributed by atoms with van der Waals surface area (Å²) in [7, 11) is 0. The van der Waals surface area contributed by atoms with Crippen molar-refractivity contribution in [2.24, 2.45) is 5.92 Å². The van der Waals surface area contributed by atoms with Crippen molar-refractivity contribution in [2.45, 2.75) is 124 Å². The van der Waals surface area contributed by atoms with Crippen LogP contribution in [0.2, 0.25) is 0 Å². The second kappa shape index (κ2) is 19.7. The molecule has 1 heterocycles. The predicted octanol–water partition coefficient (Wildman–Crippen LogP) is 9.35. The van der Waals surface area contributed by atoms with Gasteiger partial charge in [0.2, 0.25) is 0 Å². The number of aromatic nitrogens is 2. The van der Waals surface area contributed by atoms with E-state index >= 15 is 0 Å². The van der Waals surface area contributed by atoms with Gasteiger partial charge in [-0.2, -0.15) is 0 Å². The lowest BCUT2D eigenvalue weighted by Gasteiger charge is -2.08. The largest absolute Gasteiger partial charge is 0.494 e. The third kappa shape index (κ3) is 14.2. The van der Waals surface area contributed by atoms with Gasteiger partial charge in [-0.1, -0.05) is 104 Å². The lowest BCUT2D eigenvalue weighted by atomic mass is 10.0. The summed E-state index contributed by atoms with van der Waals surface area (Å²) < 4.78 is 11.3. The fourth-order valence-corrected chi connectivity index (χ4v) is 4.32. The number of hydrogen-bond acceptors (Lipinski definition) is 5. The van der Waals surface area contributed by atoms with Crippen molar-refractivity contribution in [3.63, 3.8) is 0 Å². The van der Waals surface area contributed by atoms with Gasteiger partial charge in [-0.3, -0.25) is 4.79 Å². The molecule has 0 aliphatic carbocycles. The molecule has 0 bridgehead atoms. The smallest absolute Gasteiger partial charge is 0.311 e. The summed E-state index contributed by atoms with van der Waals surface area (Å²) in [6.07, 6.45) is 22.2. The SMILES string of the molecule is CCCCCCCCCCCOc1ccc(-c2ncc(OC(=O)CCCCCCC(C)CC)cn2)cc1.